The molecule has 1 aromatic heterocycles. The predicted octanol–water partition coefficient (Wildman–Crippen LogP) is 2.81. The number of likely N-dealkylation sites (N-methyl/N-ethyl adjacent to an activating group) is 1. The first-order chi connectivity index (χ1) is 10.6. The van der Waals surface area contributed by atoms with Crippen LogP contribution in [0.15, 0.2) is 47.3 Å². The summed E-state index contributed by atoms with van der Waals surface area (Å²) in [6, 6.07) is 8.31. The third-order valence-electron chi connectivity index (χ3n) is 3.88. The second-order valence-corrected chi connectivity index (χ2v) is 5.58. The van der Waals surface area contributed by atoms with Gasteiger partial charge in [-0.1, -0.05) is 23.7 Å². The molecule has 114 valence electrons. The Balaban J connectivity index is 1.79. The summed E-state index contributed by atoms with van der Waals surface area (Å²) in [4.78, 5) is 28.0. The summed E-state index contributed by atoms with van der Waals surface area (Å²) in [5.74, 6) is -0.347. The van der Waals surface area contributed by atoms with Crippen molar-refractivity contribution in [3.8, 4) is 0 Å². The van der Waals surface area contributed by atoms with E-state index >= 15 is 0 Å². The van der Waals surface area contributed by atoms with E-state index in [-0.39, 0.29) is 11.8 Å². The van der Waals surface area contributed by atoms with Gasteiger partial charge in [0.1, 0.15) is 12.3 Å². The molecule has 1 aromatic carbocycles. The van der Waals surface area contributed by atoms with Crippen molar-refractivity contribution < 1.29 is 14.0 Å². The molecule has 0 saturated carbocycles. The average molecular weight is 319 g/mol. The molecule has 3 rings (SSSR count). The maximum Gasteiger partial charge on any atom is 0.257 e. The lowest BCUT2D eigenvalue weighted by Gasteiger charge is -2.24. The molecule has 1 saturated heterocycles. The molecule has 1 aliphatic heterocycles. The summed E-state index contributed by atoms with van der Waals surface area (Å²) in [6.07, 6.45) is 3.39. The van der Waals surface area contributed by atoms with Gasteiger partial charge in [-0.15, -0.1) is 0 Å². The number of furan rings is 1. The zero-order valence-corrected chi connectivity index (χ0v) is 12.8. The topological polar surface area (TPSA) is 53.8 Å². The SMILES string of the molecule is CN(C(=O)c1ccoc1)[C@H]1CCN(c2ccccc2Cl)C1=O. The number of carbonyl (C=O) groups is 2. The molecule has 22 heavy (non-hydrogen) atoms. The molecule has 1 aliphatic rings. The molecule has 1 atom stereocenters. The van der Waals surface area contributed by atoms with Gasteiger partial charge < -0.3 is 14.2 Å². The summed E-state index contributed by atoms with van der Waals surface area (Å²) < 4.78 is 4.92. The third kappa shape index (κ3) is 2.48. The van der Waals surface area contributed by atoms with E-state index in [4.69, 9.17) is 16.0 Å². The van der Waals surface area contributed by atoms with Gasteiger partial charge in [0.15, 0.2) is 0 Å². The number of halogens is 1. The van der Waals surface area contributed by atoms with E-state index in [1.54, 1.807) is 30.1 Å². The first kappa shape index (κ1) is 14.7. The van der Waals surface area contributed by atoms with Gasteiger partial charge in [-0.3, -0.25) is 9.59 Å². The maximum absolute atomic E-state index is 12.6. The Morgan fingerprint density at radius 2 is 2.14 bits per heavy atom. The lowest BCUT2D eigenvalue weighted by molar-refractivity contribution is -0.120. The van der Waals surface area contributed by atoms with Crippen LogP contribution in [-0.2, 0) is 4.79 Å². The van der Waals surface area contributed by atoms with Crippen LogP contribution in [0.1, 0.15) is 16.8 Å². The number of para-hydroxylation sites is 1. The van der Waals surface area contributed by atoms with E-state index in [1.165, 1.54) is 17.4 Å². The van der Waals surface area contributed by atoms with E-state index in [2.05, 4.69) is 0 Å². The number of anilines is 1. The Bertz CT molecular complexity index is 699. The van der Waals surface area contributed by atoms with E-state index in [0.29, 0.717) is 29.2 Å². The van der Waals surface area contributed by atoms with Gasteiger partial charge in [0.05, 0.1) is 22.5 Å². The third-order valence-corrected chi connectivity index (χ3v) is 4.20. The van der Waals surface area contributed by atoms with Crippen molar-refractivity contribution in [3.05, 3.63) is 53.4 Å². The predicted molar refractivity (Wildman–Crippen MR) is 83.0 cm³/mol. The Labute approximate surface area is 133 Å². The van der Waals surface area contributed by atoms with Crippen LogP contribution in [-0.4, -0.2) is 36.3 Å². The lowest BCUT2D eigenvalue weighted by Crippen LogP contribution is -2.42. The monoisotopic (exact) mass is 318 g/mol. The van der Waals surface area contributed by atoms with Gasteiger partial charge in [0, 0.05) is 13.6 Å². The molecule has 1 fully saturated rings. The number of benzene rings is 1. The summed E-state index contributed by atoms with van der Waals surface area (Å²) in [6.45, 7) is 0.538. The average Bonchev–Trinajstić information content (AvgIpc) is 3.16. The van der Waals surface area contributed by atoms with Gasteiger partial charge in [-0.2, -0.15) is 0 Å². The molecule has 0 spiro atoms. The standard InChI is InChI=1S/C16H15ClN2O3/c1-18(15(20)11-7-9-22-10-11)14-6-8-19(16(14)21)13-5-3-2-4-12(13)17/h2-5,7,9-10,14H,6,8H2,1H3/t14-/m0/s1. The highest BCUT2D eigenvalue weighted by atomic mass is 35.5. The summed E-state index contributed by atoms with van der Waals surface area (Å²) in [5, 5.41) is 0.528. The molecule has 2 amide bonds. The zero-order chi connectivity index (χ0) is 15.7. The first-order valence-corrected chi connectivity index (χ1v) is 7.32. The minimum atomic E-state index is -0.487. The number of nitrogens with zero attached hydrogens (tertiary/aromatic N) is 2. The minimum Gasteiger partial charge on any atom is -0.472 e. The molecule has 6 heteroatoms. The van der Waals surface area contributed by atoms with Crippen molar-refractivity contribution in [2.45, 2.75) is 12.5 Å². The number of hydrogen-bond acceptors (Lipinski definition) is 3. The van der Waals surface area contributed by atoms with Gasteiger partial charge in [0.25, 0.3) is 5.91 Å². The second-order valence-electron chi connectivity index (χ2n) is 5.17. The molecule has 2 heterocycles. The maximum atomic E-state index is 12.6. The number of hydrogen-bond donors (Lipinski definition) is 0. The molecule has 0 aliphatic carbocycles. The van der Waals surface area contributed by atoms with Gasteiger partial charge in [0.2, 0.25) is 5.91 Å². The van der Waals surface area contributed by atoms with Crippen molar-refractivity contribution in [2.24, 2.45) is 0 Å². The van der Waals surface area contributed by atoms with E-state index in [1.807, 2.05) is 12.1 Å². The number of carbonyl (C=O) groups excluding carboxylic acids is 2. The number of amides is 2. The molecule has 0 radical (unpaired) electrons. The fourth-order valence-electron chi connectivity index (χ4n) is 2.67. The highest BCUT2D eigenvalue weighted by Crippen LogP contribution is 2.30. The molecular formula is C16H15ClN2O3. The van der Waals surface area contributed by atoms with E-state index < -0.39 is 6.04 Å². The van der Waals surface area contributed by atoms with Crippen LogP contribution in [0.5, 0.6) is 0 Å². The van der Waals surface area contributed by atoms with Crippen molar-refractivity contribution in [3.63, 3.8) is 0 Å². The largest absolute Gasteiger partial charge is 0.472 e. The number of rotatable bonds is 3. The van der Waals surface area contributed by atoms with Crippen LogP contribution in [0.2, 0.25) is 5.02 Å². The van der Waals surface area contributed by atoms with Gasteiger partial charge >= 0.3 is 0 Å². The lowest BCUT2D eigenvalue weighted by atomic mass is 10.2. The van der Waals surface area contributed by atoms with Crippen molar-refractivity contribution in [1.82, 2.24) is 4.90 Å². The smallest absolute Gasteiger partial charge is 0.257 e. The van der Waals surface area contributed by atoms with Crippen molar-refractivity contribution in [2.75, 3.05) is 18.5 Å². The highest BCUT2D eigenvalue weighted by molar-refractivity contribution is 6.34. The molecular weight excluding hydrogens is 304 g/mol. The quantitative estimate of drug-likeness (QED) is 0.874. The summed E-state index contributed by atoms with van der Waals surface area (Å²) >= 11 is 6.15. The minimum absolute atomic E-state index is 0.118. The molecule has 0 unspecified atom stereocenters. The van der Waals surface area contributed by atoms with Gasteiger partial charge in [-0.05, 0) is 24.6 Å². The normalized spacial score (nSPS) is 17.8. The Hall–Kier alpha value is -2.27. The van der Waals surface area contributed by atoms with Crippen LogP contribution >= 0.6 is 11.6 Å². The Morgan fingerprint density at radius 1 is 1.36 bits per heavy atom. The summed E-state index contributed by atoms with van der Waals surface area (Å²) in [5.41, 5.74) is 1.12. The molecule has 0 N–H and O–H groups in total. The van der Waals surface area contributed by atoms with Gasteiger partial charge in [-0.25, -0.2) is 0 Å². The molecule has 2 aromatic rings. The molecule has 5 nitrogen and oxygen atoms in total. The highest BCUT2D eigenvalue weighted by Gasteiger charge is 2.38. The fourth-order valence-corrected chi connectivity index (χ4v) is 2.90. The zero-order valence-electron chi connectivity index (χ0n) is 12.0. The Kier molecular flexibility index (Phi) is 3.90. The fraction of sp³-hybridized carbons (Fsp3) is 0.250. The van der Waals surface area contributed by atoms with Crippen molar-refractivity contribution >= 4 is 29.1 Å². The van der Waals surface area contributed by atoms with Crippen LogP contribution in [0.25, 0.3) is 0 Å². The van der Waals surface area contributed by atoms with Crippen LogP contribution in [0, 0.1) is 0 Å². The van der Waals surface area contributed by atoms with Crippen molar-refractivity contribution in [1.29, 1.82) is 0 Å². The second kappa shape index (κ2) is 5.85. The first-order valence-electron chi connectivity index (χ1n) is 6.95. The van der Waals surface area contributed by atoms with Crippen LogP contribution < -0.4 is 4.90 Å². The Morgan fingerprint density at radius 3 is 2.82 bits per heavy atom. The summed E-state index contributed by atoms with van der Waals surface area (Å²) in [7, 11) is 1.63. The van der Waals surface area contributed by atoms with E-state index in [0.717, 1.165) is 0 Å². The van der Waals surface area contributed by atoms with Crippen LogP contribution in [0.4, 0.5) is 5.69 Å². The van der Waals surface area contributed by atoms with E-state index in [9.17, 15) is 9.59 Å². The molecule has 0 bridgehead atoms. The van der Waals surface area contributed by atoms with Crippen LogP contribution in [0.3, 0.4) is 0 Å².